The Morgan fingerprint density at radius 1 is 1.36 bits per heavy atom. The van der Waals surface area contributed by atoms with Gasteiger partial charge in [-0.15, -0.1) is 11.3 Å². The minimum atomic E-state index is 0.0599. The van der Waals surface area contributed by atoms with Gasteiger partial charge in [0.15, 0.2) is 4.96 Å². The minimum Gasteiger partial charge on any atom is -0.355 e. The first-order chi connectivity index (χ1) is 12.1. The third-order valence-electron chi connectivity index (χ3n) is 5.30. The highest BCUT2D eigenvalue weighted by Crippen LogP contribution is 2.40. The number of hydrogen-bond acceptors (Lipinski definition) is 3. The van der Waals surface area contributed by atoms with Gasteiger partial charge in [-0.05, 0) is 25.3 Å². The summed E-state index contributed by atoms with van der Waals surface area (Å²) in [7, 11) is 0. The summed E-state index contributed by atoms with van der Waals surface area (Å²) in [5, 5.41) is 5.18. The molecule has 1 aliphatic rings. The number of aromatic nitrogens is 2. The fraction of sp³-hybridized carbons (Fsp3) is 0.400. The van der Waals surface area contributed by atoms with Gasteiger partial charge in [-0.2, -0.15) is 0 Å². The SMILES string of the molecule is Cc1cccc(C2(CNC(=O)Cc3cn4ccsc4n3)CCCC2)c1. The fourth-order valence-electron chi connectivity index (χ4n) is 3.95. The molecule has 0 spiro atoms. The van der Waals surface area contributed by atoms with E-state index < -0.39 is 0 Å². The smallest absolute Gasteiger partial charge is 0.226 e. The Balaban J connectivity index is 1.44. The zero-order valence-corrected chi connectivity index (χ0v) is 15.3. The van der Waals surface area contributed by atoms with Crippen LogP contribution in [0.3, 0.4) is 0 Å². The normalized spacial score (nSPS) is 16.4. The maximum Gasteiger partial charge on any atom is 0.226 e. The fourth-order valence-corrected chi connectivity index (χ4v) is 4.67. The van der Waals surface area contributed by atoms with E-state index in [0.29, 0.717) is 6.42 Å². The highest BCUT2D eigenvalue weighted by atomic mass is 32.1. The van der Waals surface area contributed by atoms with Gasteiger partial charge < -0.3 is 5.32 Å². The molecular formula is C20H23N3OS. The summed E-state index contributed by atoms with van der Waals surface area (Å²) in [4.78, 5) is 17.9. The van der Waals surface area contributed by atoms with E-state index in [-0.39, 0.29) is 11.3 Å². The number of carbonyl (C=O) groups excluding carboxylic acids is 1. The molecule has 0 radical (unpaired) electrons. The number of amides is 1. The van der Waals surface area contributed by atoms with Crippen LogP contribution in [0.5, 0.6) is 0 Å². The van der Waals surface area contributed by atoms with Gasteiger partial charge in [0.05, 0.1) is 12.1 Å². The van der Waals surface area contributed by atoms with Gasteiger partial charge >= 0.3 is 0 Å². The van der Waals surface area contributed by atoms with E-state index in [2.05, 4.69) is 41.5 Å². The number of nitrogens with one attached hydrogen (secondary N) is 1. The standard InChI is InChI=1S/C20H23N3OS/c1-15-5-4-6-16(11-15)20(7-2-3-8-20)14-21-18(24)12-17-13-23-9-10-25-19(23)22-17/h4-6,9-11,13H,2-3,7-8,12,14H2,1H3,(H,21,24). The molecule has 1 fully saturated rings. The topological polar surface area (TPSA) is 46.4 Å². The Morgan fingerprint density at radius 3 is 2.96 bits per heavy atom. The van der Waals surface area contributed by atoms with Crippen molar-refractivity contribution in [3.05, 3.63) is 58.9 Å². The van der Waals surface area contributed by atoms with Crippen molar-refractivity contribution in [2.45, 2.75) is 44.4 Å². The highest BCUT2D eigenvalue weighted by Gasteiger charge is 2.35. The van der Waals surface area contributed by atoms with E-state index in [1.807, 2.05) is 22.2 Å². The van der Waals surface area contributed by atoms with Gasteiger partial charge in [0, 0.05) is 29.7 Å². The van der Waals surface area contributed by atoms with Gasteiger partial charge in [0.1, 0.15) is 0 Å². The van der Waals surface area contributed by atoms with Crippen LogP contribution in [0.25, 0.3) is 4.96 Å². The van der Waals surface area contributed by atoms with Crippen molar-refractivity contribution in [3.8, 4) is 0 Å². The number of rotatable bonds is 5. The Morgan fingerprint density at radius 2 is 2.20 bits per heavy atom. The zero-order chi connectivity index (χ0) is 17.3. The Hall–Kier alpha value is -2.14. The number of imidazole rings is 1. The van der Waals surface area contributed by atoms with Crippen molar-refractivity contribution in [3.63, 3.8) is 0 Å². The van der Waals surface area contributed by atoms with Crippen LogP contribution in [0, 0.1) is 6.92 Å². The zero-order valence-electron chi connectivity index (χ0n) is 14.5. The molecule has 1 amide bonds. The molecule has 0 aliphatic heterocycles. The molecular weight excluding hydrogens is 330 g/mol. The van der Waals surface area contributed by atoms with Crippen molar-refractivity contribution in [1.29, 1.82) is 0 Å². The van der Waals surface area contributed by atoms with Crippen molar-refractivity contribution < 1.29 is 4.79 Å². The molecule has 0 saturated heterocycles. The lowest BCUT2D eigenvalue weighted by atomic mass is 9.78. The first-order valence-electron chi connectivity index (χ1n) is 8.90. The number of aryl methyl sites for hydroxylation is 1. The highest BCUT2D eigenvalue weighted by molar-refractivity contribution is 7.15. The Labute approximate surface area is 151 Å². The number of nitrogens with zero attached hydrogens (tertiary/aromatic N) is 2. The van der Waals surface area contributed by atoms with Crippen molar-refractivity contribution in [2.24, 2.45) is 0 Å². The second kappa shape index (κ2) is 6.64. The van der Waals surface area contributed by atoms with Gasteiger partial charge in [0.2, 0.25) is 5.91 Å². The molecule has 3 aromatic rings. The second-order valence-corrected chi connectivity index (χ2v) is 8.01. The molecule has 130 valence electrons. The first kappa shape index (κ1) is 16.3. The van der Waals surface area contributed by atoms with Gasteiger partial charge in [0.25, 0.3) is 0 Å². The molecule has 1 aromatic carbocycles. The summed E-state index contributed by atoms with van der Waals surface area (Å²) < 4.78 is 1.97. The van der Waals surface area contributed by atoms with E-state index >= 15 is 0 Å². The number of hydrogen-bond donors (Lipinski definition) is 1. The maximum absolute atomic E-state index is 12.5. The predicted octanol–water partition coefficient (Wildman–Crippen LogP) is 3.87. The lowest BCUT2D eigenvalue weighted by Gasteiger charge is -2.30. The minimum absolute atomic E-state index is 0.0599. The Kier molecular flexibility index (Phi) is 4.34. The van der Waals surface area contributed by atoms with E-state index in [1.54, 1.807) is 11.3 Å². The van der Waals surface area contributed by atoms with Crippen LogP contribution in [-0.4, -0.2) is 21.8 Å². The quantitative estimate of drug-likeness (QED) is 0.757. The third-order valence-corrected chi connectivity index (χ3v) is 6.07. The molecule has 0 unspecified atom stereocenters. The van der Waals surface area contributed by atoms with E-state index in [9.17, 15) is 4.79 Å². The monoisotopic (exact) mass is 353 g/mol. The average molecular weight is 353 g/mol. The molecule has 2 aromatic heterocycles. The summed E-state index contributed by atoms with van der Waals surface area (Å²) >= 11 is 1.59. The number of benzene rings is 1. The lowest BCUT2D eigenvalue weighted by Crippen LogP contribution is -2.39. The van der Waals surface area contributed by atoms with Gasteiger partial charge in [-0.1, -0.05) is 42.7 Å². The summed E-state index contributed by atoms with van der Waals surface area (Å²) in [6.45, 7) is 2.85. The van der Waals surface area contributed by atoms with E-state index in [1.165, 1.54) is 24.0 Å². The molecule has 1 aliphatic carbocycles. The molecule has 2 heterocycles. The average Bonchev–Trinajstić information content (AvgIpc) is 3.29. The van der Waals surface area contributed by atoms with Crippen LogP contribution in [0.1, 0.15) is 42.5 Å². The van der Waals surface area contributed by atoms with Crippen LogP contribution in [0.4, 0.5) is 0 Å². The Bertz CT molecular complexity index is 861. The lowest BCUT2D eigenvalue weighted by molar-refractivity contribution is -0.120. The van der Waals surface area contributed by atoms with Gasteiger partial charge in [-0.3, -0.25) is 9.20 Å². The molecule has 25 heavy (non-hydrogen) atoms. The van der Waals surface area contributed by atoms with Crippen LogP contribution in [0.2, 0.25) is 0 Å². The van der Waals surface area contributed by atoms with Crippen LogP contribution >= 0.6 is 11.3 Å². The van der Waals surface area contributed by atoms with Crippen molar-refractivity contribution >= 4 is 22.2 Å². The van der Waals surface area contributed by atoms with E-state index in [0.717, 1.165) is 30.0 Å². The van der Waals surface area contributed by atoms with Crippen LogP contribution in [0.15, 0.2) is 42.0 Å². The van der Waals surface area contributed by atoms with Crippen LogP contribution in [-0.2, 0) is 16.6 Å². The first-order valence-corrected chi connectivity index (χ1v) is 9.78. The molecule has 0 bridgehead atoms. The third kappa shape index (κ3) is 3.33. The number of thiazole rings is 1. The summed E-state index contributed by atoms with van der Waals surface area (Å²) in [5.74, 6) is 0.0599. The largest absolute Gasteiger partial charge is 0.355 e. The molecule has 0 atom stereocenters. The van der Waals surface area contributed by atoms with Gasteiger partial charge in [-0.25, -0.2) is 4.98 Å². The summed E-state index contributed by atoms with van der Waals surface area (Å²) in [6.07, 6.45) is 9.03. The second-order valence-electron chi connectivity index (χ2n) is 7.14. The number of fused-ring (bicyclic) bond motifs is 1. The summed E-state index contributed by atoms with van der Waals surface area (Å²) in [6, 6.07) is 8.76. The maximum atomic E-state index is 12.5. The summed E-state index contributed by atoms with van der Waals surface area (Å²) in [5.41, 5.74) is 3.58. The molecule has 4 nitrogen and oxygen atoms in total. The molecule has 1 saturated carbocycles. The number of carbonyl (C=O) groups is 1. The van der Waals surface area contributed by atoms with E-state index in [4.69, 9.17) is 0 Å². The van der Waals surface area contributed by atoms with Crippen molar-refractivity contribution in [1.82, 2.24) is 14.7 Å². The molecule has 5 heteroatoms. The molecule has 1 N–H and O–H groups in total. The van der Waals surface area contributed by atoms with Crippen molar-refractivity contribution in [2.75, 3.05) is 6.54 Å². The predicted molar refractivity (Wildman–Crippen MR) is 101 cm³/mol. The molecule has 4 rings (SSSR count). The van der Waals surface area contributed by atoms with Crippen LogP contribution < -0.4 is 5.32 Å².